The topological polar surface area (TPSA) is 41.5 Å². The first-order chi connectivity index (χ1) is 10.9. The lowest BCUT2D eigenvalue weighted by atomic mass is 9.87. The highest BCUT2D eigenvalue weighted by molar-refractivity contribution is 5.94. The Labute approximate surface area is 138 Å². The molecule has 0 spiro atoms. The van der Waals surface area contributed by atoms with Crippen LogP contribution in [0.4, 0.5) is 0 Å². The van der Waals surface area contributed by atoms with Crippen molar-refractivity contribution in [2.45, 2.75) is 39.5 Å². The fraction of sp³-hybridized carbons (Fsp3) is 0.300. The van der Waals surface area contributed by atoms with E-state index in [1.54, 1.807) is 6.21 Å². The average Bonchev–Trinajstić information content (AvgIpc) is 2.54. The number of benzene rings is 2. The minimum Gasteiger partial charge on any atom is -0.267 e. The molecule has 3 nitrogen and oxygen atoms in total. The summed E-state index contributed by atoms with van der Waals surface area (Å²) in [6, 6.07) is 15.8. The summed E-state index contributed by atoms with van der Waals surface area (Å²) in [5.41, 5.74) is 6.70. The van der Waals surface area contributed by atoms with Crippen LogP contribution in [0.5, 0.6) is 0 Å². The summed E-state index contributed by atoms with van der Waals surface area (Å²) in [5.74, 6) is -0.202. The van der Waals surface area contributed by atoms with E-state index in [0.29, 0.717) is 5.56 Å². The Hall–Kier alpha value is -2.42. The third-order valence-electron chi connectivity index (χ3n) is 3.78. The zero-order valence-corrected chi connectivity index (χ0v) is 14.3. The van der Waals surface area contributed by atoms with E-state index in [1.165, 1.54) is 11.1 Å². The molecule has 0 bridgehead atoms. The molecule has 0 aromatic heterocycles. The molecule has 0 aliphatic carbocycles. The SMILES string of the molecule is CCc1ccc(C=NNC(=O)c2ccc(C(C)(C)C)cc2)cc1. The first-order valence-electron chi connectivity index (χ1n) is 7.93. The lowest BCUT2D eigenvalue weighted by Gasteiger charge is -2.18. The van der Waals surface area contributed by atoms with Crippen LogP contribution >= 0.6 is 0 Å². The predicted octanol–water partition coefficient (Wildman–Crippen LogP) is 4.31. The molecule has 0 atom stereocenters. The lowest BCUT2D eigenvalue weighted by Crippen LogP contribution is -2.18. The highest BCUT2D eigenvalue weighted by atomic mass is 16.2. The largest absolute Gasteiger partial charge is 0.271 e. The van der Waals surface area contributed by atoms with Crippen LogP contribution in [0.3, 0.4) is 0 Å². The highest BCUT2D eigenvalue weighted by Crippen LogP contribution is 2.22. The maximum Gasteiger partial charge on any atom is 0.271 e. The molecule has 2 aromatic rings. The average molecular weight is 308 g/mol. The van der Waals surface area contributed by atoms with Gasteiger partial charge in [0.2, 0.25) is 0 Å². The van der Waals surface area contributed by atoms with Crippen molar-refractivity contribution in [3.63, 3.8) is 0 Å². The monoisotopic (exact) mass is 308 g/mol. The van der Waals surface area contributed by atoms with Gasteiger partial charge >= 0.3 is 0 Å². The molecular weight excluding hydrogens is 284 g/mol. The van der Waals surface area contributed by atoms with Crippen molar-refractivity contribution < 1.29 is 4.79 Å². The van der Waals surface area contributed by atoms with Gasteiger partial charge in [-0.3, -0.25) is 4.79 Å². The first kappa shape index (κ1) is 16.9. The summed E-state index contributed by atoms with van der Waals surface area (Å²) in [6.45, 7) is 8.57. The summed E-state index contributed by atoms with van der Waals surface area (Å²) in [4.78, 5) is 12.1. The molecule has 23 heavy (non-hydrogen) atoms. The Morgan fingerprint density at radius 3 is 2.17 bits per heavy atom. The molecule has 1 amide bonds. The molecule has 0 saturated carbocycles. The Balaban J connectivity index is 1.97. The van der Waals surface area contributed by atoms with E-state index in [0.717, 1.165) is 12.0 Å². The van der Waals surface area contributed by atoms with Gasteiger partial charge in [-0.05, 0) is 40.7 Å². The van der Waals surface area contributed by atoms with Crippen LogP contribution in [-0.2, 0) is 11.8 Å². The summed E-state index contributed by atoms with van der Waals surface area (Å²) >= 11 is 0. The number of nitrogens with one attached hydrogen (secondary N) is 1. The van der Waals surface area contributed by atoms with Gasteiger partial charge in [0, 0.05) is 5.56 Å². The molecule has 120 valence electrons. The summed E-state index contributed by atoms with van der Waals surface area (Å²) in [5, 5.41) is 4.02. The molecule has 0 saturated heterocycles. The fourth-order valence-electron chi connectivity index (χ4n) is 2.19. The molecule has 0 unspecified atom stereocenters. The van der Waals surface area contributed by atoms with E-state index in [2.05, 4.69) is 50.4 Å². The van der Waals surface area contributed by atoms with Gasteiger partial charge in [-0.2, -0.15) is 5.10 Å². The summed E-state index contributed by atoms with van der Waals surface area (Å²) in [6.07, 6.45) is 2.67. The number of hydrogen-bond donors (Lipinski definition) is 1. The van der Waals surface area contributed by atoms with Gasteiger partial charge in [-0.1, -0.05) is 64.1 Å². The smallest absolute Gasteiger partial charge is 0.267 e. The molecule has 0 radical (unpaired) electrons. The van der Waals surface area contributed by atoms with E-state index in [9.17, 15) is 4.79 Å². The molecule has 0 aliphatic heterocycles. The van der Waals surface area contributed by atoms with Gasteiger partial charge in [0.25, 0.3) is 5.91 Å². The fourth-order valence-corrected chi connectivity index (χ4v) is 2.19. The van der Waals surface area contributed by atoms with Crippen molar-refractivity contribution in [3.05, 3.63) is 70.8 Å². The maximum absolute atomic E-state index is 12.1. The van der Waals surface area contributed by atoms with Crippen LogP contribution in [-0.4, -0.2) is 12.1 Å². The number of carbonyl (C=O) groups is 1. The zero-order valence-electron chi connectivity index (χ0n) is 14.3. The van der Waals surface area contributed by atoms with Crippen molar-refractivity contribution in [1.29, 1.82) is 0 Å². The summed E-state index contributed by atoms with van der Waals surface area (Å²) < 4.78 is 0. The molecule has 0 fully saturated rings. The number of amides is 1. The van der Waals surface area contributed by atoms with Crippen LogP contribution in [0, 0.1) is 0 Å². The number of aryl methyl sites for hydroxylation is 1. The van der Waals surface area contributed by atoms with Crippen LogP contribution in [0.1, 0.15) is 54.7 Å². The van der Waals surface area contributed by atoms with Crippen LogP contribution in [0.2, 0.25) is 0 Å². The number of rotatable bonds is 4. The molecule has 0 heterocycles. The van der Waals surface area contributed by atoms with E-state index in [4.69, 9.17) is 0 Å². The Morgan fingerprint density at radius 2 is 1.65 bits per heavy atom. The molecular formula is C20H24N2O. The second-order valence-electron chi connectivity index (χ2n) is 6.62. The molecule has 1 N–H and O–H groups in total. The van der Waals surface area contributed by atoms with Gasteiger partial charge < -0.3 is 0 Å². The van der Waals surface area contributed by atoms with E-state index >= 15 is 0 Å². The second kappa shape index (κ2) is 7.23. The van der Waals surface area contributed by atoms with Crippen LogP contribution < -0.4 is 5.43 Å². The second-order valence-corrected chi connectivity index (χ2v) is 6.62. The minimum atomic E-state index is -0.202. The van der Waals surface area contributed by atoms with Crippen molar-refractivity contribution in [2.75, 3.05) is 0 Å². The van der Waals surface area contributed by atoms with Crippen LogP contribution in [0.15, 0.2) is 53.6 Å². The quantitative estimate of drug-likeness (QED) is 0.663. The van der Waals surface area contributed by atoms with Gasteiger partial charge in [-0.15, -0.1) is 0 Å². The van der Waals surface area contributed by atoms with Crippen molar-refractivity contribution in [2.24, 2.45) is 5.10 Å². The highest BCUT2D eigenvalue weighted by Gasteiger charge is 2.14. The lowest BCUT2D eigenvalue weighted by molar-refractivity contribution is 0.0955. The molecule has 2 rings (SSSR count). The predicted molar refractivity (Wildman–Crippen MR) is 96.0 cm³/mol. The number of nitrogens with zero attached hydrogens (tertiary/aromatic N) is 1. The summed E-state index contributed by atoms with van der Waals surface area (Å²) in [7, 11) is 0. The van der Waals surface area contributed by atoms with Gasteiger partial charge in [0.1, 0.15) is 0 Å². The maximum atomic E-state index is 12.1. The van der Waals surface area contributed by atoms with E-state index in [1.807, 2.05) is 36.4 Å². The normalized spacial score (nSPS) is 11.7. The Bertz CT molecular complexity index is 677. The first-order valence-corrected chi connectivity index (χ1v) is 7.93. The Kier molecular flexibility index (Phi) is 5.32. The van der Waals surface area contributed by atoms with Crippen molar-refractivity contribution in [1.82, 2.24) is 5.43 Å². The number of hydrazone groups is 1. The van der Waals surface area contributed by atoms with Crippen LogP contribution in [0.25, 0.3) is 0 Å². The third-order valence-corrected chi connectivity index (χ3v) is 3.78. The number of carbonyl (C=O) groups excluding carboxylic acids is 1. The van der Waals surface area contributed by atoms with Gasteiger partial charge in [0.15, 0.2) is 0 Å². The minimum absolute atomic E-state index is 0.0812. The molecule has 3 heteroatoms. The Morgan fingerprint density at radius 1 is 1.04 bits per heavy atom. The van der Waals surface area contributed by atoms with E-state index in [-0.39, 0.29) is 11.3 Å². The zero-order chi connectivity index (χ0) is 16.9. The number of hydrogen-bond acceptors (Lipinski definition) is 2. The van der Waals surface area contributed by atoms with Crippen molar-refractivity contribution in [3.8, 4) is 0 Å². The van der Waals surface area contributed by atoms with E-state index < -0.39 is 0 Å². The van der Waals surface area contributed by atoms with Crippen molar-refractivity contribution >= 4 is 12.1 Å². The molecule has 2 aromatic carbocycles. The third kappa shape index (κ3) is 4.78. The van der Waals surface area contributed by atoms with Gasteiger partial charge in [0.05, 0.1) is 6.21 Å². The standard InChI is InChI=1S/C20H24N2O/c1-5-15-6-8-16(9-7-15)14-21-22-19(23)17-10-12-18(13-11-17)20(2,3)4/h6-14H,5H2,1-4H3,(H,22,23). The molecule has 0 aliphatic rings. The van der Waals surface area contributed by atoms with Gasteiger partial charge in [-0.25, -0.2) is 5.43 Å².